The molecule has 37 heavy (non-hydrogen) atoms. The van der Waals surface area contributed by atoms with E-state index in [0.29, 0.717) is 6.42 Å². The number of alkyl halides is 3. The lowest BCUT2D eigenvalue weighted by Gasteiger charge is -2.36. The van der Waals surface area contributed by atoms with Crippen LogP contribution in [0.2, 0.25) is 0 Å². The Kier molecular flexibility index (Phi) is 8.48. The number of carbonyl (C=O) groups excluding carboxylic acids is 1. The quantitative estimate of drug-likeness (QED) is 0.559. The predicted molar refractivity (Wildman–Crippen MR) is 137 cm³/mol. The van der Waals surface area contributed by atoms with Crippen molar-refractivity contribution in [3.63, 3.8) is 0 Å². The Morgan fingerprint density at radius 3 is 2.51 bits per heavy atom. The monoisotopic (exact) mass is 514 g/mol. The molecule has 1 aliphatic heterocycles. The topological polar surface area (TPSA) is 73.4 Å². The highest BCUT2D eigenvalue weighted by atomic mass is 19.4. The maximum Gasteiger partial charge on any atom is 0.419 e. The van der Waals surface area contributed by atoms with Crippen LogP contribution in [-0.4, -0.2) is 65.9 Å². The molecule has 2 aromatic rings. The van der Waals surface area contributed by atoms with Crippen LogP contribution < -0.4 is 10.6 Å². The highest BCUT2D eigenvalue weighted by Gasteiger charge is 2.35. The molecule has 7 nitrogen and oxygen atoms in total. The van der Waals surface area contributed by atoms with Gasteiger partial charge in [-0.25, -0.2) is 9.97 Å². The van der Waals surface area contributed by atoms with Crippen LogP contribution in [0.3, 0.4) is 0 Å². The minimum absolute atomic E-state index is 0.0677. The van der Waals surface area contributed by atoms with Crippen molar-refractivity contribution in [3.05, 3.63) is 76.4 Å². The third-order valence-corrected chi connectivity index (χ3v) is 6.80. The second-order valence-electron chi connectivity index (χ2n) is 9.42. The van der Waals surface area contributed by atoms with Crippen molar-refractivity contribution < 1.29 is 18.0 Å². The number of nitrogens with one attached hydrogen (secondary N) is 2. The number of anilines is 1. The fraction of sp³-hybridized carbons (Fsp3) is 0.444. The number of allylic oxidation sites excluding steroid dienone is 3. The van der Waals surface area contributed by atoms with Crippen LogP contribution in [0.4, 0.5) is 19.1 Å². The standard InChI is InChI=1S/C27H33F3N6O/c1-31-25(37)16-20-7-4-3-6-19(20)10-11-24-23(27(28,29)30)18-32-26(34-24)33-21-8-5-9-22(17-21)36-14-12-35(2)13-15-36/h3-4,6-8,17-18H,5,9-16H2,1-2H3,(H,31,37)(H,32,33,34). The molecule has 0 radical (unpaired) electrons. The van der Waals surface area contributed by atoms with E-state index in [9.17, 15) is 18.0 Å². The van der Waals surface area contributed by atoms with Crippen LogP contribution in [0.5, 0.6) is 0 Å². The second kappa shape index (κ2) is 11.8. The van der Waals surface area contributed by atoms with Gasteiger partial charge in [0.25, 0.3) is 0 Å². The molecule has 0 unspecified atom stereocenters. The van der Waals surface area contributed by atoms with Gasteiger partial charge in [-0.05, 0) is 49.9 Å². The molecule has 0 atom stereocenters. The van der Waals surface area contributed by atoms with E-state index in [-0.39, 0.29) is 30.4 Å². The fourth-order valence-electron chi connectivity index (χ4n) is 4.64. The second-order valence-corrected chi connectivity index (χ2v) is 9.42. The van der Waals surface area contributed by atoms with Crippen LogP contribution in [0.25, 0.3) is 0 Å². The summed E-state index contributed by atoms with van der Waals surface area (Å²) < 4.78 is 41.3. The molecule has 1 aliphatic carbocycles. The summed E-state index contributed by atoms with van der Waals surface area (Å²) in [4.78, 5) is 24.8. The zero-order valence-corrected chi connectivity index (χ0v) is 21.2. The predicted octanol–water partition coefficient (Wildman–Crippen LogP) is 3.79. The molecule has 0 spiro atoms. The number of likely N-dealkylation sites (N-methyl/N-ethyl adjacent to an activating group) is 2. The van der Waals surface area contributed by atoms with Gasteiger partial charge in [0.15, 0.2) is 0 Å². The molecular weight excluding hydrogens is 481 g/mol. The van der Waals surface area contributed by atoms with Gasteiger partial charge in [0, 0.05) is 50.8 Å². The molecule has 198 valence electrons. The Bertz CT molecular complexity index is 1170. The van der Waals surface area contributed by atoms with Crippen molar-refractivity contribution in [2.45, 2.75) is 38.3 Å². The maximum atomic E-state index is 13.8. The SMILES string of the molecule is CNC(=O)Cc1ccccc1CCc1nc(NC2=CCCC(N3CCN(C)CC3)=C2)ncc1C(F)(F)F. The first-order valence-corrected chi connectivity index (χ1v) is 12.5. The number of amides is 1. The number of nitrogens with zero attached hydrogens (tertiary/aromatic N) is 4. The number of hydrogen-bond donors (Lipinski definition) is 2. The smallest absolute Gasteiger partial charge is 0.372 e. The van der Waals surface area contributed by atoms with Gasteiger partial charge < -0.3 is 20.4 Å². The van der Waals surface area contributed by atoms with E-state index < -0.39 is 11.7 Å². The van der Waals surface area contributed by atoms with Gasteiger partial charge in [0.1, 0.15) is 0 Å². The zero-order chi connectivity index (χ0) is 26.4. The Labute approximate surface area is 215 Å². The lowest BCUT2D eigenvalue weighted by molar-refractivity contribution is -0.138. The molecular formula is C27H33F3N6O. The fourth-order valence-corrected chi connectivity index (χ4v) is 4.64. The van der Waals surface area contributed by atoms with Crippen LogP contribution in [0.1, 0.15) is 35.2 Å². The third-order valence-electron chi connectivity index (χ3n) is 6.80. The lowest BCUT2D eigenvalue weighted by Crippen LogP contribution is -2.44. The Morgan fingerprint density at radius 1 is 1.08 bits per heavy atom. The van der Waals surface area contributed by atoms with Crippen molar-refractivity contribution >= 4 is 11.9 Å². The molecule has 10 heteroatoms. The van der Waals surface area contributed by atoms with Gasteiger partial charge in [-0.2, -0.15) is 13.2 Å². The summed E-state index contributed by atoms with van der Waals surface area (Å²) in [6, 6.07) is 7.29. The van der Waals surface area contributed by atoms with Crippen molar-refractivity contribution in [2.24, 2.45) is 0 Å². The van der Waals surface area contributed by atoms with E-state index in [2.05, 4.69) is 37.4 Å². The van der Waals surface area contributed by atoms with E-state index in [1.54, 1.807) is 7.05 Å². The summed E-state index contributed by atoms with van der Waals surface area (Å²) in [5.41, 5.74) is 2.71. The van der Waals surface area contributed by atoms with E-state index >= 15 is 0 Å². The third kappa shape index (κ3) is 7.09. The molecule has 1 fully saturated rings. The Balaban J connectivity index is 1.51. The first kappa shape index (κ1) is 26.7. The normalized spacial score (nSPS) is 16.7. The van der Waals surface area contributed by atoms with Gasteiger partial charge >= 0.3 is 6.18 Å². The first-order chi connectivity index (χ1) is 17.7. The summed E-state index contributed by atoms with van der Waals surface area (Å²) in [5.74, 6) is -0.00881. The summed E-state index contributed by atoms with van der Waals surface area (Å²) in [5, 5.41) is 5.71. The molecule has 2 heterocycles. The van der Waals surface area contributed by atoms with E-state index in [1.165, 1.54) is 5.70 Å². The molecule has 4 rings (SSSR count). The van der Waals surface area contributed by atoms with Gasteiger partial charge in [-0.3, -0.25) is 4.79 Å². The van der Waals surface area contributed by atoms with Gasteiger partial charge in [-0.1, -0.05) is 30.3 Å². The van der Waals surface area contributed by atoms with Crippen molar-refractivity contribution in [2.75, 3.05) is 45.6 Å². The number of rotatable bonds is 8. The zero-order valence-electron chi connectivity index (χ0n) is 21.2. The molecule has 0 saturated carbocycles. The molecule has 1 aromatic carbocycles. The molecule has 2 aliphatic rings. The number of aryl methyl sites for hydroxylation is 2. The average Bonchev–Trinajstić information content (AvgIpc) is 2.88. The Hall–Kier alpha value is -3.40. The summed E-state index contributed by atoms with van der Waals surface area (Å²) >= 11 is 0. The molecule has 2 N–H and O–H groups in total. The first-order valence-electron chi connectivity index (χ1n) is 12.5. The Morgan fingerprint density at radius 2 is 1.81 bits per heavy atom. The van der Waals surface area contributed by atoms with Crippen molar-refractivity contribution in [1.29, 1.82) is 0 Å². The van der Waals surface area contributed by atoms with Crippen LogP contribution >= 0.6 is 0 Å². The van der Waals surface area contributed by atoms with Gasteiger partial charge in [0.2, 0.25) is 11.9 Å². The molecule has 1 aromatic heterocycles. The van der Waals surface area contributed by atoms with E-state index in [0.717, 1.165) is 62.0 Å². The van der Waals surface area contributed by atoms with Gasteiger partial charge in [0.05, 0.1) is 17.7 Å². The van der Waals surface area contributed by atoms with Crippen molar-refractivity contribution in [1.82, 2.24) is 25.1 Å². The minimum atomic E-state index is -4.56. The summed E-state index contributed by atoms with van der Waals surface area (Å²) in [7, 11) is 3.67. The lowest BCUT2D eigenvalue weighted by atomic mass is 9.98. The largest absolute Gasteiger partial charge is 0.419 e. The van der Waals surface area contributed by atoms with E-state index in [4.69, 9.17) is 0 Å². The molecule has 1 saturated heterocycles. The van der Waals surface area contributed by atoms with E-state index in [1.807, 2.05) is 36.4 Å². The number of hydrogen-bond acceptors (Lipinski definition) is 6. The highest BCUT2D eigenvalue weighted by molar-refractivity contribution is 5.78. The molecule has 0 bridgehead atoms. The summed E-state index contributed by atoms with van der Waals surface area (Å²) in [6.07, 6.45) is 2.70. The van der Waals surface area contributed by atoms with Crippen LogP contribution in [-0.2, 0) is 30.2 Å². The average molecular weight is 515 g/mol. The van der Waals surface area contributed by atoms with Crippen LogP contribution in [0, 0.1) is 0 Å². The number of carbonyl (C=O) groups is 1. The van der Waals surface area contributed by atoms with Crippen LogP contribution in [0.15, 0.2) is 54.0 Å². The number of halogens is 3. The van der Waals surface area contributed by atoms with Crippen molar-refractivity contribution in [3.8, 4) is 0 Å². The molecule has 1 amide bonds. The number of aromatic nitrogens is 2. The van der Waals surface area contributed by atoms with Gasteiger partial charge in [-0.15, -0.1) is 0 Å². The maximum absolute atomic E-state index is 13.8. The summed E-state index contributed by atoms with van der Waals surface area (Å²) in [6.45, 7) is 3.92. The number of benzene rings is 1. The number of piperazine rings is 1. The minimum Gasteiger partial charge on any atom is -0.372 e. The highest BCUT2D eigenvalue weighted by Crippen LogP contribution is 2.32.